The van der Waals surface area contributed by atoms with Gasteiger partial charge in [0, 0.05) is 6.54 Å². The zero-order valence-electron chi connectivity index (χ0n) is 17.7. The fraction of sp³-hybridized carbons (Fsp3) is 0.800. The van der Waals surface area contributed by atoms with Gasteiger partial charge in [-0.3, -0.25) is 4.79 Å². The maximum absolute atomic E-state index is 12.0. The predicted molar refractivity (Wildman–Crippen MR) is 107 cm³/mol. The first kappa shape index (κ1) is 24.4. The summed E-state index contributed by atoms with van der Waals surface area (Å²) in [6.07, 6.45) is 6.17. The van der Waals surface area contributed by atoms with Crippen LogP contribution in [0.2, 0.25) is 0 Å². The van der Waals surface area contributed by atoms with Gasteiger partial charge in [-0.05, 0) is 50.5 Å². The van der Waals surface area contributed by atoms with E-state index in [1.165, 1.54) is 5.06 Å². The lowest BCUT2D eigenvalue weighted by molar-refractivity contribution is -0.209. The average molecular weight is 400 g/mol. The molecule has 0 bridgehead atoms. The maximum Gasteiger partial charge on any atom is 0.407 e. The van der Waals surface area contributed by atoms with Gasteiger partial charge in [0.2, 0.25) is 0 Å². The molecule has 1 aliphatic rings. The summed E-state index contributed by atoms with van der Waals surface area (Å²) in [6, 6.07) is -0.865. The van der Waals surface area contributed by atoms with Crippen molar-refractivity contribution < 1.29 is 24.6 Å². The second-order valence-electron chi connectivity index (χ2n) is 7.47. The van der Waals surface area contributed by atoms with Gasteiger partial charge < -0.3 is 26.1 Å². The van der Waals surface area contributed by atoms with Crippen LogP contribution in [0.1, 0.15) is 72.6 Å². The van der Waals surface area contributed by atoms with Gasteiger partial charge in [0.15, 0.2) is 0 Å². The number of nitrogens with zero attached hydrogens (tertiary/aromatic N) is 1. The third-order valence-corrected chi connectivity index (χ3v) is 6.15. The molecule has 0 radical (unpaired) electrons. The van der Waals surface area contributed by atoms with E-state index in [2.05, 4.69) is 11.4 Å². The summed E-state index contributed by atoms with van der Waals surface area (Å²) in [4.78, 5) is 22.7. The third kappa shape index (κ3) is 5.24. The second kappa shape index (κ2) is 10.8. The van der Waals surface area contributed by atoms with Crippen LogP contribution in [0.3, 0.4) is 0 Å². The summed E-state index contributed by atoms with van der Waals surface area (Å²) < 4.78 is 5.41. The van der Waals surface area contributed by atoms with Crippen LogP contribution in [0.4, 0.5) is 4.79 Å². The highest BCUT2D eigenvalue weighted by Gasteiger charge is 2.52. The van der Waals surface area contributed by atoms with E-state index in [1.54, 1.807) is 0 Å². The van der Waals surface area contributed by atoms with Gasteiger partial charge in [0.1, 0.15) is 12.6 Å². The molecule has 28 heavy (non-hydrogen) atoms. The highest BCUT2D eigenvalue weighted by molar-refractivity contribution is 5.72. The van der Waals surface area contributed by atoms with Gasteiger partial charge in [-0.2, -0.15) is 5.06 Å². The smallest absolute Gasteiger partial charge is 0.407 e. The number of carbonyl (C=O) groups is 2. The molecule has 1 amide bonds. The minimum atomic E-state index is -1.01. The van der Waals surface area contributed by atoms with E-state index in [4.69, 9.17) is 15.6 Å². The monoisotopic (exact) mass is 399 g/mol. The number of hydroxylamine groups is 2. The molecule has 8 heteroatoms. The molecule has 0 saturated heterocycles. The van der Waals surface area contributed by atoms with Crippen molar-refractivity contribution >= 4 is 12.1 Å². The number of rotatable bonds is 12. The van der Waals surface area contributed by atoms with Gasteiger partial charge in [0.05, 0.1) is 11.1 Å². The van der Waals surface area contributed by atoms with Crippen LogP contribution in [0.15, 0.2) is 11.6 Å². The van der Waals surface area contributed by atoms with Crippen molar-refractivity contribution in [2.75, 3.05) is 13.2 Å². The second-order valence-corrected chi connectivity index (χ2v) is 7.47. The Balaban J connectivity index is 2.57. The number of unbranched alkanes of at least 4 members (excludes halogenated alkanes) is 1. The maximum atomic E-state index is 12.0. The van der Waals surface area contributed by atoms with Crippen molar-refractivity contribution in [3.8, 4) is 0 Å². The van der Waals surface area contributed by atoms with E-state index in [9.17, 15) is 14.8 Å². The quantitative estimate of drug-likeness (QED) is 0.293. The van der Waals surface area contributed by atoms with Crippen LogP contribution in [0.5, 0.6) is 0 Å². The van der Waals surface area contributed by atoms with E-state index in [0.29, 0.717) is 25.8 Å². The third-order valence-electron chi connectivity index (χ3n) is 6.15. The number of alkyl carbamates (subject to hydrolysis) is 1. The molecule has 0 aromatic rings. The van der Waals surface area contributed by atoms with Gasteiger partial charge in [-0.15, -0.1) is 0 Å². The Hall–Kier alpha value is -1.64. The van der Waals surface area contributed by atoms with Crippen LogP contribution in [0.25, 0.3) is 0 Å². The topological polar surface area (TPSA) is 125 Å². The summed E-state index contributed by atoms with van der Waals surface area (Å²) >= 11 is 0. The first-order valence-corrected chi connectivity index (χ1v) is 10.3. The van der Waals surface area contributed by atoms with Crippen LogP contribution in [-0.4, -0.2) is 57.7 Å². The fourth-order valence-corrected chi connectivity index (χ4v) is 4.01. The minimum absolute atomic E-state index is 0.135. The Labute approximate surface area is 168 Å². The van der Waals surface area contributed by atoms with Gasteiger partial charge in [-0.25, -0.2) is 4.79 Å². The standard InChI is InChI=1S/C20H37N3O5/c1-5-19(6-2)13-15(20(7-3,8-4)23(19)27)14-28-18(26)22-12-10-9-11-16(21)17(24)25/h13,16,27H,5-12,14,21H2,1-4H3,(H,22,26)(H,24,25)/t16-/m0/s1. The van der Waals surface area contributed by atoms with Crippen molar-refractivity contribution in [3.63, 3.8) is 0 Å². The number of carboxylic acids is 1. The van der Waals surface area contributed by atoms with Crippen molar-refractivity contribution in [2.24, 2.45) is 5.73 Å². The van der Waals surface area contributed by atoms with Gasteiger partial charge >= 0.3 is 12.1 Å². The zero-order chi connectivity index (χ0) is 21.4. The van der Waals surface area contributed by atoms with Crippen molar-refractivity contribution in [1.29, 1.82) is 0 Å². The van der Waals surface area contributed by atoms with E-state index < -0.39 is 29.2 Å². The van der Waals surface area contributed by atoms with Crippen LogP contribution < -0.4 is 11.1 Å². The first-order valence-electron chi connectivity index (χ1n) is 10.3. The average Bonchev–Trinajstić information content (AvgIpc) is 2.94. The molecule has 0 aromatic carbocycles. The molecular weight excluding hydrogens is 362 g/mol. The summed E-state index contributed by atoms with van der Waals surface area (Å²) in [5, 5.41) is 23.8. The SMILES string of the molecule is CCC1(CC)C=C(COC(=O)NCCCC[C@H](N)C(=O)O)C(CC)(CC)N1O. The van der Waals surface area contributed by atoms with Crippen molar-refractivity contribution in [3.05, 3.63) is 11.6 Å². The lowest BCUT2D eigenvalue weighted by Gasteiger charge is -2.43. The predicted octanol–water partition coefficient (Wildman–Crippen LogP) is 3.04. The summed E-state index contributed by atoms with van der Waals surface area (Å²) in [6.45, 7) is 8.69. The van der Waals surface area contributed by atoms with E-state index in [-0.39, 0.29) is 6.61 Å². The van der Waals surface area contributed by atoms with E-state index >= 15 is 0 Å². The first-order chi connectivity index (χ1) is 13.2. The van der Waals surface area contributed by atoms with Crippen LogP contribution in [-0.2, 0) is 9.53 Å². The van der Waals surface area contributed by atoms with Crippen LogP contribution >= 0.6 is 0 Å². The van der Waals surface area contributed by atoms with Crippen molar-refractivity contribution in [1.82, 2.24) is 10.4 Å². The molecule has 8 nitrogen and oxygen atoms in total. The van der Waals surface area contributed by atoms with Crippen LogP contribution in [0, 0.1) is 0 Å². The number of aliphatic carboxylic acids is 1. The zero-order valence-corrected chi connectivity index (χ0v) is 17.7. The number of nitrogens with two attached hydrogens (primary N) is 1. The molecule has 0 fully saturated rings. The molecule has 5 N–H and O–H groups in total. The molecule has 0 unspecified atom stereocenters. The number of amides is 1. The Morgan fingerprint density at radius 3 is 2.29 bits per heavy atom. The number of ether oxygens (including phenoxy) is 1. The Bertz CT molecular complexity index is 556. The molecule has 0 saturated carbocycles. The highest BCUT2D eigenvalue weighted by Crippen LogP contribution is 2.46. The number of hydrogen-bond donors (Lipinski definition) is 4. The van der Waals surface area contributed by atoms with E-state index in [0.717, 1.165) is 31.3 Å². The molecule has 0 spiro atoms. The number of hydrogen-bond acceptors (Lipinski definition) is 6. The summed E-state index contributed by atoms with van der Waals surface area (Å²) in [7, 11) is 0. The highest BCUT2D eigenvalue weighted by atomic mass is 16.5. The number of carbonyl (C=O) groups excluding carboxylic acids is 1. The Kier molecular flexibility index (Phi) is 9.39. The fourth-order valence-electron chi connectivity index (χ4n) is 4.01. The van der Waals surface area contributed by atoms with Crippen molar-refractivity contribution in [2.45, 2.75) is 89.8 Å². The molecule has 0 aliphatic carbocycles. The molecule has 162 valence electrons. The molecule has 1 rings (SSSR count). The number of carboxylic acid groups (broad SMARTS) is 1. The van der Waals surface area contributed by atoms with E-state index in [1.807, 2.05) is 27.7 Å². The Morgan fingerprint density at radius 2 is 1.79 bits per heavy atom. The molecule has 1 heterocycles. The van der Waals surface area contributed by atoms with Gasteiger partial charge in [0.25, 0.3) is 0 Å². The Morgan fingerprint density at radius 1 is 1.18 bits per heavy atom. The molecule has 1 aliphatic heterocycles. The normalized spacial score (nSPS) is 19.1. The molecule has 0 aromatic heterocycles. The largest absolute Gasteiger partial charge is 0.480 e. The number of nitrogens with one attached hydrogen (secondary N) is 1. The van der Waals surface area contributed by atoms with Gasteiger partial charge in [-0.1, -0.05) is 33.8 Å². The lowest BCUT2D eigenvalue weighted by atomic mass is 9.86. The lowest BCUT2D eigenvalue weighted by Crippen LogP contribution is -2.53. The molecule has 1 atom stereocenters. The molecular formula is C20H37N3O5. The summed E-state index contributed by atoms with van der Waals surface area (Å²) in [5.41, 5.74) is 5.44. The summed E-state index contributed by atoms with van der Waals surface area (Å²) in [5.74, 6) is -1.01. The minimum Gasteiger partial charge on any atom is -0.480 e.